The molecule has 0 rings (SSSR count). The van der Waals surface area contributed by atoms with Crippen LogP contribution in [0.1, 0.15) is 19.8 Å². The van der Waals surface area contributed by atoms with Crippen LogP contribution in [0.2, 0.25) is 0 Å². The van der Waals surface area contributed by atoms with Crippen molar-refractivity contribution in [2.45, 2.75) is 25.9 Å². The van der Waals surface area contributed by atoms with Crippen LogP contribution in [0.5, 0.6) is 0 Å². The second kappa shape index (κ2) is 36.1. The summed E-state index contributed by atoms with van der Waals surface area (Å²) in [7, 11) is 0. The molecule has 0 aromatic rings. The molecular formula is C11H28O6. The lowest BCUT2D eigenvalue weighted by Gasteiger charge is -1.90. The first-order valence-corrected chi connectivity index (χ1v) is 5.32. The van der Waals surface area contributed by atoms with E-state index < -0.39 is 6.10 Å². The quantitative estimate of drug-likeness (QED) is 0.274. The Kier molecular flexibility index (Phi) is 53.9. The first-order chi connectivity index (χ1) is 8.10. The predicted octanol–water partition coefficient (Wildman–Crippen LogP) is -1.12. The largest absolute Gasteiger partial charge is 0.396 e. The summed E-state index contributed by atoms with van der Waals surface area (Å²) in [5.74, 6) is 0. The van der Waals surface area contributed by atoms with Crippen molar-refractivity contribution in [1.82, 2.24) is 0 Å². The van der Waals surface area contributed by atoms with Crippen LogP contribution in [-0.4, -0.2) is 69.8 Å². The Morgan fingerprint density at radius 2 is 1.00 bits per heavy atom. The van der Waals surface area contributed by atoms with Crippen LogP contribution in [0, 0.1) is 0 Å². The summed E-state index contributed by atoms with van der Waals surface area (Å²) in [6.45, 7) is 7.53. The maximum atomic E-state index is 8.11. The van der Waals surface area contributed by atoms with Crippen LogP contribution < -0.4 is 0 Å². The van der Waals surface area contributed by atoms with E-state index in [1.54, 1.807) is 0 Å². The van der Waals surface area contributed by atoms with E-state index in [4.69, 9.17) is 30.6 Å². The van der Waals surface area contributed by atoms with Crippen LogP contribution in [-0.2, 0) is 0 Å². The van der Waals surface area contributed by atoms with Gasteiger partial charge in [0.15, 0.2) is 0 Å². The molecule has 0 aromatic carbocycles. The highest BCUT2D eigenvalue weighted by Crippen LogP contribution is 1.80. The van der Waals surface area contributed by atoms with Crippen LogP contribution in [0.15, 0.2) is 13.2 Å². The van der Waals surface area contributed by atoms with Gasteiger partial charge >= 0.3 is 0 Å². The maximum Gasteiger partial charge on any atom is 0.0742 e. The van der Waals surface area contributed by atoms with Crippen molar-refractivity contribution in [1.29, 1.82) is 0 Å². The van der Waals surface area contributed by atoms with E-state index in [2.05, 4.69) is 13.2 Å². The van der Waals surface area contributed by atoms with Crippen molar-refractivity contribution in [3.63, 3.8) is 0 Å². The fraction of sp³-hybridized carbons (Fsp3) is 0.818. The molecule has 6 N–H and O–H groups in total. The Balaban J connectivity index is -0.0000000705. The van der Waals surface area contributed by atoms with Gasteiger partial charge in [-0.2, -0.15) is 0 Å². The van der Waals surface area contributed by atoms with E-state index in [0.717, 1.165) is 12.8 Å². The minimum atomic E-state index is -0.560. The summed E-state index contributed by atoms with van der Waals surface area (Å²) in [6, 6.07) is 0. The highest BCUT2D eigenvalue weighted by atomic mass is 16.3. The van der Waals surface area contributed by atoms with Gasteiger partial charge in [-0.1, -0.05) is 0 Å². The van der Waals surface area contributed by atoms with Crippen molar-refractivity contribution in [3.8, 4) is 0 Å². The summed E-state index contributed by atoms with van der Waals surface area (Å²) in [4.78, 5) is 0. The van der Waals surface area contributed by atoms with Gasteiger partial charge in [-0.05, 0) is 19.8 Å². The molecular weight excluding hydrogens is 228 g/mol. The van der Waals surface area contributed by atoms with Gasteiger partial charge in [0.2, 0.25) is 0 Å². The van der Waals surface area contributed by atoms with E-state index in [1.165, 1.54) is 6.92 Å². The molecule has 6 heteroatoms. The van der Waals surface area contributed by atoms with Gasteiger partial charge in [0.1, 0.15) is 0 Å². The lowest BCUT2D eigenvalue weighted by molar-refractivity contribution is 0.110. The zero-order valence-corrected chi connectivity index (χ0v) is 10.6. The third kappa shape index (κ3) is 93.4. The lowest BCUT2D eigenvalue weighted by Crippen LogP contribution is -2.03. The second-order valence-corrected chi connectivity index (χ2v) is 2.63. The molecule has 0 amide bonds. The van der Waals surface area contributed by atoms with E-state index in [9.17, 15) is 0 Å². The maximum absolute atomic E-state index is 8.11. The number of rotatable bonds is 5. The molecule has 0 fully saturated rings. The zero-order chi connectivity index (χ0) is 14.5. The normalized spacial score (nSPS) is 9.59. The average molecular weight is 256 g/mol. The summed E-state index contributed by atoms with van der Waals surface area (Å²) in [5.41, 5.74) is 0. The molecule has 1 atom stereocenters. The van der Waals surface area contributed by atoms with Crippen molar-refractivity contribution in [2.24, 2.45) is 0 Å². The molecule has 1 unspecified atom stereocenters. The van der Waals surface area contributed by atoms with Gasteiger partial charge in [0, 0.05) is 13.2 Å². The third-order valence-corrected chi connectivity index (χ3v) is 0.930. The SMILES string of the molecule is C=C.CC(O)CO.OCCCCO.OCCO. The number of aliphatic hydroxyl groups is 6. The predicted molar refractivity (Wildman–Crippen MR) is 67.6 cm³/mol. The zero-order valence-electron chi connectivity index (χ0n) is 10.6. The molecule has 0 saturated carbocycles. The molecule has 0 radical (unpaired) electrons. The van der Waals surface area contributed by atoms with E-state index in [0.29, 0.717) is 0 Å². The Hall–Kier alpha value is -0.500. The lowest BCUT2D eigenvalue weighted by atomic mass is 10.3. The fourth-order valence-corrected chi connectivity index (χ4v) is 0.224. The Labute approximate surface area is 103 Å². The van der Waals surface area contributed by atoms with Crippen LogP contribution in [0.3, 0.4) is 0 Å². The van der Waals surface area contributed by atoms with Gasteiger partial charge in [0.25, 0.3) is 0 Å². The van der Waals surface area contributed by atoms with Crippen molar-refractivity contribution >= 4 is 0 Å². The van der Waals surface area contributed by atoms with Crippen LogP contribution >= 0.6 is 0 Å². The van der Waals surface area contributed by atoms with Crippen LogP contribution in [0.25, 0.3) is 0 Å². The summed E-state index contributed by atoms with van der Waals surface area (Å²) in [6.07, 6.45) is 0.877. The molecule has 0 saturated heterocycles. The smallest absolute Gasteiger partial charge is 0.0742 e. The standard InChI is InChI=1S/C4H10O2.C3H8O2.C2H6O2.C2H4/c5-3-1-2-4-6;1-3(5)2-4;3-1-2-4;1-2/h5-6H,1-4H2;3-5H,2H2,1H3;3-4H,1-2H2;1-2H2. The number of aliphatic hydroxyl groups excluding tert-OH is 6. The van der Waals surface area contributed by atoms with Gasteiger partial charge in [-0.25, -0.2) is 0 Å². The molecule has 0 aliphatic heterocycles. The summed E-state index contributed by atoms with van der Waals surface area (Å²) in [5, 5.41) is 47.4. The summed E-state index contributed by atoms with van der Waals surface area (Å²) >= 11 is 0. The molecule has 0 aromatic heterocycles. The molecule has 17 heavy (non-hydrogen) atoms. The Bertz CT molecular complexity index is 84.0. The average Bonchev–Trinajstić information content (AvgIpc) is 2.39. The van der Waals surface area contributed by atoms with E-state index in [1.807, 2.05) is 0 Å². The van der Waals surface area contributed by atoms with E-state index in [-0.39, 0.29) is 33.0 Å². The first kappa shape index (κ1) is 25.4. The Morgan fingerprint density at radius 1 is 0.765 bits per heavy atom. The van der Waals surface area contributed by atoms with E-state index >= 15 is 0 Å². The highest BCUT2D eigenvalue weighted by molar-refractivity contribution is 4.34. The van der Waals surface area contributed by atoms with Gasteiger partial charge < -0.3 is 30.6 Å². The summed E-state index contributed by atoms with van der Waals surface area (Å²) < 4.78 is 0. The molecule has 0 aliphatic carbocycles. The van der Waals surface area contributed by atoms with Gasteiger partial charge in [-0.3, -0.25) is 0 Å². The molecule has 0 heterocycles. The van der Waals surface area contributed by atoms with Crippen molar-refractivity contribution < 1.29 is 30.6 Å². The molecule has 108 valence electrons. The van der Waals surface area contributed by atoms with Crippen molar-refractivity contribution in [3.05, 3.63) is 13.2 Å². The fourth-order valence-electron chi connectivity index (χ4n) is 0.224. The first-order valence-electron chi connectivity index (χ1n) is 5.32. The molecule has 0 bridgehead atoms. The minimum absolute atomic E-state index is 0.125. The van der Waals surface area contributed by atoms with Gasteiger partial charge in [-0.15, -0.1) is 13.2 Å². The number of hydrogen-bond donors (Lipinski definition) is 6. The molecule has 0 spiro atoms. The van der Waals surface area contributed by atoms with Gasteiger partial charge in [0.05, 0.1) is 25.9 Å². The second-order valence-electron chi connectivity index (χ2n) is 2.63. The Morgan fingerprint density at radius 3 is 1.06 bits per heavy atom. The minimum Gasteiger partial charge on any atom is -0.396 e. The number of hydrogen-bond acceptors (Lipinski definition) is 6. The third-order valence-electron chi connectivity index (χ3n) is 0.930. The monoisotopic (exact) mass is 256 g/mol. The molecule has 0 aliphatic rings. The highest BCUT2D eigenvalue weighted by Gasteiger charge is 1.83. The molecule has 6 nitrogen and oxygen atoms in total. The van der Waals surface area contributed by atoms with Crippen molar-refractivity contribution in [2.75, 3.05) is 33.0 Å². The number of unbranched alkanes of at least 4 members (excludes halogenated alkanes) is 1. The topological polar surface area (TPSA) is 121 Å². The van der Waals surface area contributed by atoms with Crippen LogP contribution in [0.4, 0.5) is 0 Å².